The normalized spacial score (nSPS) is 27.1. The van der Waals surface area contributed by atoms with E-state index in [1.807, 2.05) is 0 Å². The van der Waals surface area contributed by atoms with Crippen molar-refractivity contribution in [3.05, 3.63) is 71.8 Å². The molecule has 1 aliphatic rings. The van der Waals surface area contributed by atoms with Crippen LogP contribution in [0.4, 0.5) is 4.39 Å². The molecule has 5 nitrogen and oxygen atoms in total. The van der Waals surface area contributed by atoms with Crippen LogP contribution in [0.1, 0.15) is 27.6 Å². The molecule has 1 heterocycles. The van der Waals surface area contributed by atoms with Crippen molar-refractivity contribution in [2.24, 2.45) is 0 Å². The first-order valence-corrected chi connectivity index (χ1v) is 9.28. The summed E-state index contributed by atoms with van der Waals surface area (Å²) in [7, 11) is 0. The topological polar surface area (TPSA) is 61.8 Å². The van der Waals surface area contributed by atoms with Gasteiger partial charge in [-0.1, -0.05) is 52.3 Å². The summed E-state index contributed by atoms with van der Waals surface area (Å²) in [5, 5.41) is -1.00. The fourth-order valence-corrected chi connectivity index (χ4v) is 3.28. The zero-order valence-corrected chi connectivity index (χ0v) is 16.1. The van der Waals surface area contributed by atoms with Gasteiger partial charge < -0.3 is 14.2 Å². The zero-order valence-electron chi connectivity index (χ0n) is 14.5. The molecular weight excluding hydrogens is 419 g/mol. The van der Waals surface area contributed by atoms with E-state index in [1.165, 1.54) is 6.92 Å². The molecule has 0 aromatic heterocycles. The fourth-order valence-electron chi connectivity index (χ4n) is 2.74. The van der Waals surface area contributed by atoms with Crippen molar-refractivity contribution in [2.75, 3.05) is 6.61 Å². The van der Waals surface area contributed by atoms with Crippen LogP contribution in [0.15, 0.2) is 60.7 Å². The Balaban J connectivity index is 1.69. The number of alkyl halides is 2. The predicted molar refractivity (Wildman–Crippen MR) is 99.5 cm³/mol. The van der Waals surface area contributed by atoms with Crippen LogP contribution in [-0.4, -0.2) is 41.4 Å². The first kappa shape index (κ1) is 19.5. The summed E-state index contributed by atoms with van der Waals surface area (Å²) >= 11 is 3.11. The van der Waals surface area contributed by atoms with Gasteiger partial charge in [-0.25, -0.2) is 14.0 Å². The van der Waals surface area contributed by atoms with Gasteiger partial charge in [0.1, 0.15) is 12.7 Å². The molecule has 1 fully saturated rings. The van der Waals surface area contributed by atoms with Gasteiger partial charge in [0, 0.05) is 0 Å². The summed E-state index contributed by atoms with van der Waals surface area (Å²) in [4.78, 5) is 24.4. The zero-order chi connectivity index (χ0) is 19.4. The quantitative estimate of drug-likeness (QED) is 0.525. The van der Waals surface area contributed by atoms with Crippen molar-refractivity contribution in [3.63, 3.8) is 0 Å². The molecule has 7 heteroatoms. The van der Waals surface area contributed by atoms with Crippen molar-refractivity contribution >= 4 is 27.9 Å². The smallest absolute Gasteiger partial charge is 0.338 e. The molecule has 27 heavy (non-hydrogen) atoms. The summed E-state index contributed by atoms with van der Waals surface area (Å²) in [6.07, 6.45) is -2.18. The number of halogens is 2. The number of carbonyl (C=O) groups is 2. The van der Waals surface area contributed by atoms with Gasteiger partial charge in [0.25, 0.3) is 0 Å². The average molecular weight is 437 g/mol. The van der Waals surface area contributed by atoms with Crippen molar-refractivity contribution in [2.45, 2.75) is 29.8 Å². The van der Waals surface area contributed by atoms with Crippen LogP contribution in [0, 0.1) is 0 Å². The number of hydrogen-bond donors (Lipinski definition) is 0. The SMILES string of the molecule is C[C@]1(F)[C@H](Br)O[C@H](COC(=O)c2ccccc2)[C@@H]1OC(=O)c1ccccc1. The van der Waals surface area contributed by atoms with Gasteiger partial charge in [0.05, 0.1) is 11.1 Å². The van der Waals surface area contributed by atoms with Gasteiger partial charge in [0.15, 0.2) is 16.8 Å². The Labute approximate surface area is 164 Å². The van der Waals surface area contributed by atoms with Gasteiger partial charge >= 0.3 is 11.9 Å². The van der Waals surface area contributed by atoms with E-state index in [1.54, 1.807) is 60.7 Å². The highest BCUT2D eigenvalue weighted by atomic mass is 79.9. The molecule has 0 aliphatic carbocycles. The van der Waals surface area contributed by atoms with E-state index in [4.69, 9.17) is 14.2 Å². The van der Waals surface area contributed by atoms with Gasteiger partial charge in [-0.15, -0.1) is 0 Å². The molecule has 0 spiro atoms. The minimum Gasteiger partial charge on any atom is -0.459 e. The summed E-state index contributed by atoms with van der Waals surface area (Å²) in [6, 6.07) is 16.7. The maximum atomic E-state index is 15.1. The lowest BCUT2D eigenvalue weighted by Gasteiger charge is -2.25. The number of carbonyl (C=O) groups excluding carboxylic acids is 2. The molecule has 0 saturated carbocycles. The molecule has 0 unspecified atom stereocenters. The van der Waals surface area contributed by atoms with Crippen LogP contribution >= 0.6 is 15.9 Å². The minimum atomic E-state index is -1.99. The third kappa shape index (κ3) is 4.36. The third-order valence-corrected chi connectivity index (χ3v) is 5.37. The van der Waals surface area contributed by atoms with Crippen LogP contribution in [-0.2, 0) is 14.2 Å². The summed E-state index contributed by atoms with van der Waals surface area (Å²) in [6.45, 7) is 1.02. The molecule has 3 rings (SSSR count). The highest BCUT2D eigenvalue weighted by Gasteiger charge is 2.56. The number of hydrogen-bond acceptors (Lipinski definition) is 5. The van der Waals surface area contributed by atoms with Gasteiger partial charge in [-0.05, 0) is 31.2 Å². The molecule has 4 atom stereocenters. The molecule has 0 bridgehead atoms. The van der Waals surface area contributed by atoms with E-state index in [0.717, 1.165) is 0 Å². The number of rotatable bonds is 5. The van der Waals surface area contributed by atoms with E-state index >= 15 is 4.39 Å². The summed E-state index contributed by atoms with van der Waals surface area (Å²) in [5.74, 6) is -1.24. The second-order valence-corrected chi connectivity index (χ2v) is 7.13. The van der Waals surface area contributed by atoms with Gasteiger partial charge in [-0.2, -0.15) is 0 Å². The molecule has 1 saturated heterocycles. The van der Waals surface area contributed by atoms with Crippen LogP contribution < -0.4 is 0 Å². The first-order valence-electron chi connectivity index (χ1n) is 8.36. The third-order valence-electron chi connectivity index (χ3n) is 4.26. The van der Waals surface area contributed by atoms with Crippen LogP contribution in [0.25, 0.3) is 0 Å². The molecule has 0 N–H and O–H groups in total. The molecule has 0 amide bonds. The Bertz CT molecular complexity index is 797. The Morgan fingerprint density at radius 1 is 1.04 bits per heavy atom. The largest absolute Gasteiger partial charge is 0.459 e. The van der Waals surface area contributed by atoms with E-state index in [9.17, 15) is 9.59 Å². The molecule has 1 aliphatic heterocycles. The molecule has 2 aromatic carbocycles. The van der Waals surface area contributed by atoms with Gasteiger partial charge in [0.2, 0.25) is 0 Å². The van der Waals surface area contributed by atoms with Crippen LogP contribution in [0.2, 0.25) is 0 Å². The second kappa shape index (κ2) is 8.19. The molecular formula is C20H18BrFO5. The first-order chi connectivity index (χ1) is 12.9. The average Bonchev–Trinajstić information content (AvgIpc) is 2.90. The number of ether oxygens (including phenoxy) is 3. The lowest BCUT2D eigenvalue weighted by Crippen LogP contribution is -2.44. The van der Waals surface area contributed by atoms with Crippen molar-refractivity contribution in [1.82, 2.24) is 0 Å². The molecule has 142 valence electrons. The molecule has 0 radical (unpaired) electrons. The lowest BCUT2D eigenvalue weighted by molar-refractivity contribution is -0.0422. The summed E-state index contributed by atoms with van der Waals surface area (Å²) < 4.78 is 31.2. The minimum absolute atomic E-state index is 0.248. The van der Waals surface area contributed by atoms with Crippen LogP contribution in [0.5, 0.6) is 0 Å². The van der Waals surface area contributed by atoms with E-state index < -0.39 is 34.8 Å². The van der Waals surface area contributed by atoms with Crippen molar-refractivity contribution < 1.29 is 28.2 Å². The maximum Gasteiger partial charge on any atom is 0.338 e. The standard InChI is InChI=1S/C20H18BrFO5/c1-20(22)16(27-18(24)14-10-6-3-7-11-14)15(26-19(20)21)12-25-17(23)13-8-4-2-5-9-13/h2-11,15-16,19H,12H2,1H3/t15-,16+,19-,20-/m1/s1. The second-order valence-electron chi connectivity index (χ2n) is 6.30. The Morgan fingerprint density at radius 2 is 1.56 bits per heavy atom. The monoisotopic (exact) mass is 436 g/mol. The van der Waals surface area contributed by atoms with E-state index in [0.29, 0.717) is 11.1 Å². The number of esters is 2. The Hall–Kier alpha value is -2.25. The predicted octanol–water partition coefficient (Wildman–Crippen LogP) is 3.92. The molecule has 2 aromatic rings. The lowest BCUT2D eigenvalue weighted by atomic mass is 10.0. The van der Waals surface area contributed by atoms with Crippen molar-refractivity contribution in [1.29, 1.82) is 0 Å². The van der Waals surface area contributed by atoms with E-state index in [-0.39, 0.29) is 6.61 Å². The fraction of sp³-hybridized carbons (Fsp3) is 0.300. The van der Waals surface area contributed by atoms with Crippen LogP contribution in [0.3, 0.4) is 0 Å². The highest BCUT2D eigenvalue weighted by molar-refractivity contribution is 9.09. The Morgan fingerprint density at radius 3 is 2.11 bits per heavy atom. The number of benzene rings is 2. The maximum absolute atomic E-state index is 15.1. The van der Waals surface area contributed by atoms with Gasteiger partial charge in [-0.3, -0.25) is 0 Å². The summed E-state index contributed by atoms with van der Waals surface area (Å²) in [5.41, 5.74) is -1.33. The van der Waals surface area contributed by atoms with Crippen molar-refractivity contribution in [3.8, 4) is 0 Å². The van der Waals surface area contributed by atoms with E-state index in [2.05, 4.69) is 15.9 Å². The highest BCUT2D eigenvalue weighted by Crippen LogP contribution is 2.40. The Kier molecular flexibility index (Phi) is 5.92.